The molecule has 1 aromatic heterocycles. The Balaban J connectivity index is 1.66. The first kappa shape index (κ1) is 16.6. The molecule has 0 saturated heterocycles. The molecule has 0 bridgehead atoms. The summed E-state index contributed by atoms with van der Waals surface area (Å²) in [6.07, 6.45) is -0.844. The van der Waals surface area contributed by atoms with Crippen LogP contribution in [-0.4, -0.2) is 18.3 Å². The van der Waals surface area contributed by atoms with Gasteiger partial charge >= 0.3 is 6.09 Å². The summed E-state index contributed by atoms with van der Waals surface area (Å²) in [7, 11) is 2.05. The van der Waals surface area contributed by atoms with E-state index in [1.807, 2.05) is 42.5 Å². The molecular weight excluding hydrogens is 318 g/mol. The Labute approximate surface area is 145 Å². The van der Waals surface area contributed by atoms with E-state index in [-0.39, 0.29) is 6.61 Å². The van der Waals surface area contributed by atoms with Gasteiger partial charge in [-0.15, -0.1) is 0 Å². The summed E-state index contributed by atoms with van der Waals surface area (Å²) in [4.78, 5) is 12.8. The third-order valence-corrected chi connectivity index (χ3v) is 3.78. The summed E-state index contributed by atoms with van der Waals surface area (Å²) >= 11 is 0. The van der Waals surface area contributed by atoms with Crippen molar-refractivity contribution in [3.63, 3.8) is 0 Å². The molecule has 2 aromatic carbocycles. The lowest BCUT2D eigenvalue weighted by Gasteiger charge is -2.19. The van der Waals surface area contributed by atoms with E-state index in [1.165, 1.54) is 5.56 Å². The largest absolute Gasteiger partial charge is 0.441 e. The van der Waals surface area contributed by atoms with Crippen molar-refractivity contribution in [1.29, 1.82) is 0 Å². The van der Waals surface area contributed by atoms with Gasteiger partial charge in [-0.2, -0.15) is 0 Å². The Bertz CT molecular complexity index is 829. The number of benzene rings is 2. The number of ether oxygens (including phenoxy) is 1. The molecule has 0 atom stereocenters. The number of hydrogen-bond acceptors (Lipinski definition) is 5. The highest BCUT2D eigenvalue weighted by Gasteiger charge is 2.09. The van der Waals surface area contributed by atoms with Gasteiger partial charge in [0.2, 0.25) is 0 Å². The molecule has 3 rings (SSSR count). The molecule has 0 aliphatic carbocycles. The minimum absolute atomic E-state index is 0.0275. The zero-order chi connectivity index (χ0) is 17.6. The number of rotatable bonds is 6. The second-order valence-electron chi connectivity index (χ2n) is 5.67. The number of primary amides is 1. The lowest BCUT2D eigenvalue weighted by atomic mass is 10.1. The number of amides is 1. The number of aromatic nitrogens is 1. The van der Waals surface area contributed by atoms with E-state index in [2.05, 4.69) is 34.0 Å². The third kappa shape index (κ3) is 4.38. The van der Waals surface area contributed by atoms with E-state index in [0.717, 1.165) is 17.8 Å². The number of carbonyl (C=O) groups excluding carboxylic acids is 1. The van der Waals surface area contributed by atoms with Crippen molar-refractivity contribution < 1.29 is 14.1 Å². The minimum Gasteiger partial charge on any atom is -0.441 e. The lowest BCUT2D eigenvalue weighted by Crippen LogP contribution is -2.15. The van der Waals surface area contributed by atoms with Gasteiger partial charge in [-0.25, -0.2) is 4.79 Å². The molecule has 0 saturated carbocycles. The summed E-state index contributed by atoms with van der Waals surface area (Å²) in [5.41, 5.74) is 8.89. The van der Waals surface area contributed by atoms with Crippen LogP contribution in [0.25, 0.3) is 11.3 Å². The van der Waals surface area contributed by atoms with E-state index in [1.54, 1.807) is 6.07 Å². The van der Waals surface area contributed by atoms with E-state index in [4.69, 9.17) is 10.3 Å². The van der Waals surface area contributed by atoms with Crippen LogP contribution in [0, 0.1) is 0 Å². The molecule has 0 spiro atoms. The van der Waals surface area contributed by atoms with Crippen LogP contribution < -0.4 is 10.6 Å². The van der Waals surface area contributed by atoms with Crippen LogP contribution in [0.1, 0.15) is 11.3 Å². The number of carbonyl (C=O) groups is 1. The van der Waals surface area contributed by atoms with Crippen LogP contribution >= 0.6 is 0 Å². The average molecular weight is 337 g/mol. The number of anilines is 1. The maximum atomic E-state index is 10.6. The monoisotopic (exact) mass is 337 g/mol. The van der Waals surface area contributed by atoms with Gasteiger partial charge in [-0.1, -0.05) is 47.6 Å². The molecule has 0 radical (unpaired) electrons. The molecule has 1 amide bonds. The normalized spacial score (nSPS) is 10.4. The Morgan fingerprint density at radius 3 is 2.56 bits per heavy atom. The Morgan fingerprint density at radius 1 is 1.16 bits per heavy atom. The smallest absolute Gasteiger partial charge is 0.404 e. The Hall–Kier alpha value is -3.28. The molecule has 0 aliphatic rings. The zero-order valence-corrected chi connectivity index (χ0v) is 13.9. The quantitative estimate of drug-likeness (QED) is 0.743. The van der Waals surface area contributed by atoms with Crippen LogP contribution in [0.15, 0.2) is 65.2 Å². The fraction of sp³-hybridized carbons (Fsp3) is 0.158. The first-order valence-corrected chi connectivity index (χ1v) is 7.85. The SMILES string of the molecule is CN(Cc1ccccc1)c1ccc(-c2cc(COC(N)=O)on2)cc1. The summed E-state index contributed by atoms with van der Waals surface area (Å²) < 4.78 is 9.82. The highest BCUT2D eigenvalue weighted by molar-refractivity contribution is 5.65. The lowest BCUT2D eigenvalue weighted by molar-refractivity contribution is 0.137. The molecule has 6 nitrogen and oxygen atoms in total. The predicted molar refractivity (Wildman–Crippen MR) is 94.9 cm³/mol. The number of nitrogens with zero attached hydrogens (tertiary/aromatic N) is 2. The summed E-state index contributed by atoms with van der Waals surface area (Å²) in [6, 6.07) is 20.1. The molecular formula is C19H19N3O3. The second-order valence-corrected chi connectivity index (χ2v) is 5.67. The Morgan fingerprint density at radius 2 is 1.88 bits per heavy atom. The highest BCUT2D eigenvalue weighted by Crippen LogP contribution is 2.23. The van der Waals surface area contributed by atoms with Gasteiger partial charge in [0.05, 0.1) is 0 Å². The molecule has 128 valence electrons. The van der Waals surface area contributed by atoms with E-state index >= 15 is 0 Å². The molecule has 0 aliphatic heterocycles. The summed E-state index contributed by atoms with van der Waals surface area (Å²) in [5, 5.41) is 3.99. The van der Waals surface area contributed by atoms with Gasteiger partial charge in [0.1, 0.15) is 5.69 Å². The molecule has 3 aromatic rings. The number of hydrogen-bond donors (Lipinski definition) is 1. The van der Waals surface area contributed by atoms with Crippen LogP contribution in [0.3, 0.4) is 0 Å². The van der Waals surface area contributed by atoms with Crippen LogP contribution in [0.5, 0.6) is 0 Å². The van der Waals surface area contributed by atoms with Crippen molar-refractivity contribution in [3.05, 3.63) is 72.0 Å². The molecule has 6 heteroatoms. The first-order chi connectivity index (χ1) is 12.1. The molecule has 25 heavy (non-hydrogen) atoms. The first-order valence-electron chi connectivity index (χ1n) is 7.85. The standard InChI is InChI=1S/C19H19N3O3/c1-22(12-14-5-3-2-4-6-14)16-9-7-15(8-10-16)18-11-17(25-21-18)13-24-19(20)23/h2-11H,12-13H2,1H3,(H2,20,23). The summed E-state index contributed by atoms with van der Waals surface area (Å²) in [6.45, 7) is 0.805. The molecule has 2 N–H and O–H groups in total. The van der Waals surface area contributed by atoms with Gasteiger partial charge in [0.25, 0.3) is 0 Å². The average Bonchev–Trinajstić information content (AvgIpc) is 3.10. The topological polar surface area (TPSA) is 81.6 Å². The van der Waals surface area contributed by atoms with Crippen molar-refractivity contribution in [1.82, 2.24) is 5.16 Å². The zero-order valence-electron chi connectivity index (χ0n) is 13.9. The van der Waals surface area contributed by atoms with Crippen molar-refractivity contribution in [2.75, 3.05) is 11.9 Å². The van der Waals surface area contributed by atoms with Crippen molar-refractivity contribution in [2.24, 2.45) is 5.73 Å². The fourth-order valence-electron chi connectivity index (χ4n) is 2.49. The fourth-order valence-corrected chi connectivity index (χ4v) is 2.49. The minimum atomic E-state index is -0.844. The maximum absolute atomic E-state index is 10.6. The van der Waals surface area contributed by atoms with Gasteiger partial charge in [-0.05, 0) is 17.7 Å². The summed E-state index contributed by atoms with van der Waals surface area (Å²) in [5.74, 6) is 0.444. The second kappa shape index (κ2) is 7.53. The highest BCUT2D eigenvalue weighted by atomic mass is 16.6. The van der Waals surface area contributed by atoms with Crippen molar-refractivity contribution in [3.8, 4) is 11.3 Å². The molecule has 1 heterocycles. The van der Waals surface area contributed by atoms with Crippen molar-refractivity contribution >= 4 is 11.8 Å². The maximum Gasteiger partial charge on any atom is 0.404 e. The molecule has 0 unspecified atom stereocenters. The number of nitrogens with two attached hydrogens (primary N) is 1. The van der Waals surface area contributed by atoms with Gasteiger partial charge in [-0.3, -0.25) is 0 Å². The van der Waals surface area contributed by atoms with Crippen molar-refractivity contribution in [2.45, 2.75) is 13.2 Å². The predicted octanol–water partition coefficient (Wildman–Crippen LogP) is 3.57. The Kier molecular flexibility index (Phi) is 4.99. The van der Waals surface area contributed by atoms with Crippen LogP contribution in [-0.2, 0) is 17.9 Å². The van der Waals surface area contributed by atoms with E-state index < -0.39 is 6.09 Å². The van der Waals surface area contributed by atoms with Gasteiger partial charge < -0.3 is 19.9 Å². The van der Waals surface area contributed by atoms with Gasteiger partial charge in [0.15, 0.2) is 12.4 Å². The van der Waals surface area contributed by atoms with Crippen LogP contribution in [0.4, 0.5) is 10.5 Å². The molecule has 0 fully saturated rings. The van der Waals surface area contributed by atoms with Gasteiger partial charge in [0, 0.05) is 30.9 Å². The van der Waals surface area contributed by atoms with E-state index in [0.29, 0.717) is 11.5 Å². The van der Waals surface area contributed by atoms with Crippen LogP contribution in [0.2, 0.25) is 0 Å². The van der Waals surface area contributed by atoms with E-state index in [9.17, 15) is 4.79 Å². The third-order valence-electron chi connectivity index (χ3n) is 3.78.